The Labute approximate surface area is 119 Å². The van der Waals surface area contributed by atoms with E-state index < -0.39 is 0 Å². The molecule has 0 atom stereocenters. The van der Waals surface area contributed by atoms with E-state index in [0.717, 1.165) is 6.42 Å². The molecular formula is C14H20N2O2S. The predicted octanol–water partition coefficient (Wildman–Crippen LogP) is 2.70. The van der Waals surface area contributed by atoms with Crippen molar-refractivity contribution in [3.8, 4) is 5.75 Å². The fourth-order valence-corrected chi connectivity index (χ4v) is 1.71. The third kappa shape index (κ3) is 4.87. The molecule has 4 nitrogen and oxygen atoms in total. The average Bonchev–Trinajstić information content (AvgIpc) is 2.36. The van der Waals surface area contributed by atoms with Gasteiger partial charge in [-0.3, -0.25) is 4.79 Å². The molecule has 104 valence electrons. The minimum absolute atomic E-state index is 0.0184. The van der Waals surface area contributed by atoms with Crippen LogP contribution in [-0.2, 0) is 4.79 Å². The summed E-state index contributed by atoms with van der Waals surface area (Å²) >= 11 is 4.91. The van der Waals surface area contributed by atoms with Gasteiger partial charge in [-0.1, -0.05) is 26.1 Å². The molecular weight excluding hydrogens is 260 g/mol. The predicted molar refractivity (Wildman–Crippen MR) is 81.6 cm³/mol. The summed E-state index contributed by atoms with van der Waals surface area (Å²) < 4.78 is 5.23. The highest BCUT2D eigenvalue weighted by Crippen LogP contribution is 2.26. The van der Waals surface area contributed by atoms with Crippen molar-refractivity contribution in [1.82, 2.24) is 0 Å². The van der Waals surface area contributed by atoms with Crippen molar-refractivity contribution >= 4 is 28.8 Å². The summed E-state index contributed by atoms with van der Waals surface area (Å²) in [5, 5.41) is 2.83. The van der Waals surface area contributed by atoms with Crippen LogP contribution >= 0.6 is 12.2 Å². The summed E-state index contributed by atoms with van der Waals surface area (Å²) in [6, 6.07) is 5.24. The van der Waals surface area contributed by atoms with Crippen LogP contribution in [0.25, 0.3) is 0 Å². The molecule has 0 bridgehead atoms. The molecule has 1 aromatic rings. The molecule has 1 amide bonds. The third-order valence-corrected chi connectivity index (χ3v) is 2.94. The standard InChI is InChI=1S/C14H20N2O2S/c1-9(2)4-7-13(17)16-11-6-5-10(14(15)19)8-12(11)18-3/h5-6,8-9H,4,7H2,1-3H3,(H2,15,19)(H,16,17). The van der Waals surface area contributed by atoms with Gasteiger partial charge >= 0.3 is 0 Å². The lowest BCUT2D eigenvalue weighted by molar-refractivity contribution is -0.116. The van der Waals surface area contributed by atoms with Crippen LogP contribution in [0.5, 0.6) is 5.75 Å². The topological polar surface area (TPSA) is 64.3 Å². The monoisotopic (exact) mass is 280 g/mol. The highest BCUT2D eigenvalue weighted by Gasteiger charge is 2.10. The molecule has 0 saturated carbocycles. The number of hydrogen-bond donors (Lipinski definition) is 2. The number of benzene rings is 1. The van der Waals surface area contributed by atoms with E-state index in [9.17, 15) is 4.79 Å². The molecule has 5 heteroatoms. The number of rotatable bonds is 6. The van der Waals surface area contributed by atoms with Crippen LogP contribution in [-0.4, -0.2) is 18.0 Å². The summed E-state index contributed by atoms with van der Waals surface area (Å²) in [4.78, 5) is 12.1. The number of hydrogen-bond acceptors (Lipinski definition) is 3. The summed E-state index contributed by atoms with van der Waals surface area (Å²) in [6.45, 7) is 4.18. The average molecular weight is 280 g/mol. The Kier molecular flexibility index (Phi) is 5.76. The first-order valence-corrected chi connectivity index (χ1v) is 6.62. The number of methoxy groups -OCH3 is 1. The van der Waals surface area contributed by atoms with E-state index in [1.807, 2.05) is 0 Å². The molecule has 1 rings (SSSR count). The number of carbonyl (C=O) groups excluding carboxylic acids is 1. The van der Waals surface area contributed by atoms with Gasteiger partial charge in [-0.2, -0.15) is 0 Å². The Morgan fingerprint density at radius 1 is 1.47 bits per heavy atom. The van der Waals surface area contributed by atoms with Crippen molar-refractivity contribution in [1.29, 1.82) is 0 Å². The Bertz CT molecular complexity index is 473. The number of thiocarbonyl (C=S) groups is 1. The molecule has 3 N–H and O–H groups in total. The van der Waals surface area contributed by atoms with Crippen molar-refractivity contribution in [3.63, 3.8) is 0 Å². The number of nitrogens with one attached hydrogen (secondary N) is 1. The van der Waals surface area contributed by atoms with E-state index >= 15 is 0 Å². The second-order valence-electron chi connectivity index (χ2n) is 4.76. The molecule has 0 aliphatic heterocycles. The minimum atomic E-state index is -0.0184. The highest BCUT2D eigenvalue weighted by molar-refractivity contribution is 7.80. The zero-order chi connectivity index (χ0) is 14.4. The Morgan fingerprint density at radius 2 is 2.16 bits per heavy atom. The van der Waals surface area contributed by atoms with Crippen LogP contribution in [0, 0.1) is 5.92 Å². The fraction of sp³-hybridized carbons (Fsp3) is 0.429. The molecule has 0 aliphatic carbocycles. The molecule has 19 heavy (non-hydrogen) atoms. The van der Waals surface area contributed by atoms with E-state index in [2.05, 4.69) is 19.2 Å². The maximum atomic E-state index is 11.8. The van der Waals surface area contributed by atoms with Gasteiger partial charge in [-0.15, -0.1) is 0 Å². The molecule has 0 aliphatic rings. The second-order valence-corrected chi connectivity index (χ2v) is 5.20. The smallest absolute Gasteiger partial charge is 0.224 e. The first kappa shape index (κ1) is 15.4. The summed E-state index contributed by atoms with van der Waals surface area (Å²) in [7, 11) is 1.54. The lowest BCUT2D eigenvalue weighted by Crippen LogP contribution is -2.14. The summed E-state index contributed by atoms with van der Waals surface area (Å²) in [5.74, 6) is 1.04. The van der Waals surface area contributed by atoms with E-state index in [0.29, 0.717) is 34.3 Å². The van der Waals surface area contributed by atoms with E-state index in [1.54, 1.807) is 25.3 Å². The first-order chi connectivity index (χ1) is 8.93. The fourth-order valence-electron chi connectivity index (χ4n) is 1.58. The number of ether oxygens (including phenoxy) is 1. The zero-order valence-electron chi connectivity index (χ0n) is 11.5. The normalized spacial score (nSPS) is 10.3. The maximum Gasteiger partial charge on any atom is 0.224 e. The number of nitrogens with two attached hydrogens (primary N) is 1. The molecule has 0 unspecified atom stereocenters. The lowest BCUT2D eigenvalue weighted by atomic mass is 10.1. The van der Waals surface area contributed by atoms with Crippen molar-refractivity contribution in [3.05, 3.63) is 23.8 Å². The molecule has 0 radical (unpaired) electrons. The lowest BCUT2D eigenvalue weighted by Gasteiger charge is -2.12. The van der Waals surface area contributed by atoms with Crippen LogP contribution in [0.3, 0.4) is 0 Å². The van der Waals surface area contributed by atoms with E-state index in [1.165, 1.54) is 0 Å². The second kappa shape index (κ2) is 7.09. The molecule has 0 fully saturated rings. The SMILES string of the molecule is COc1cc(C(N)=S)ccc1NC(=O)CCC(C)C. The van der Waals surface area contributed by atoms with Gasteiger partial charge in [0.1, 0.15) is 10.7 Å². The first-order valence-electron chi connectivity index (χ1n) is 6.21. The van der Waals surface area contributed by atoms with Gasteiger partial charge in [0.25, 0.3) is 0 Å². The van der Waals surface area contributed by atoms with Crippen molar-refractivity contribution in [2.75, 3.05) is 12.4 Å². The van der Waals surface area contributed by atoms with Crippen LogP contribution in [0.2, 0.25) is 0 Å². The molecule has 0 saturated heterocycles. The van der Waals surface area contributed by atoms with Crippen molar-refractivity contribution in [2.45, 2.75) is 26.7 Å². The van der Waals surface area contributed by atoms with Gasteiger partial charge in [0.2, 0.25) is 5.91 Å². The summed E-state index contributed by atoms with van der Waals surface area (Å²) in [5.41, 5.74) is 6.91. The molecule has 0 heterocycles. The van der Waals surface area contributed by atoms with Gasteiger partial charge in [-0.25, -0.2) is 0 Å². The largest absolute Gasteiger partial charge is 0.495 e. The number of carbonyl (C=O) groups is 1. The Morgan fingerprint density at radius 3 is 2.68 bits per heavy atom. The van der Waals surface area contributed by atoms with Crippen LogP contribution in [0.1, 0.15) is 32.3 Å². The highest BCUT2D eigenvalue weighted by atomic mass is 32.1. The Balaban J connectivity index is 2.78. The van der Waals surface area contributed by atoms with Crippen LogP contribution < -0.4 is 15.8 Å². The van der Waals surface area contributed by atoms with Gasteiger partial charge in [-0.05, 0) is 30.5 Å². The van der Waals surface area contributed by atoms with E-state index in [4.69, 9.17) is 22.7 Å². The molecule has 0 spiro atoms. The van der Waals surface area contributed by atoms with Crippen LogP contribution in [0.15, 0.2) is 18.2 Å². The summed E-state index contributed by atoms with van der Waals surface area (Å²) in [6.07, 6.45) is 1.36. The van der Waals surface area contributed by atoms with Gasteiger partial charge in [0, 0.05) is 12.0 Å². The maximum absolute atomic E-state index is 11.8. The van der Waals surface area contributed by atoms with Crippen LogP contribution in [0.4, 0.5) is 5.69 Å². The zero-order valence-corrected chi connectivity index (χ0v) is 12.3. The minimum Gasteiger partial charge on any atom is -0.495 e. The van der Waals surface area contributed by atoms with Gasteiger partial charge in [0.05, 0.1) is 12.8 Å². The number of anilines is 1. The molecule has 1 aromatic carbocycles. The third-order valence-electron chi connectivity index (χ3n) is 2.71. The molecule has 0 aromatic heterocycles. The van der Waals surface area contributed by atoms with Crippen molar-refractivity contribution < 1.29 is 9.53 Å². The van der Waals surface area contributed by atoms with Crippen molar-refractivity contribution in [2.24, 2.45) is 11.7 Å². The Hall–Kier alpha value is -1.62. The van der Waals surface area contributed by atoms with Gasteiger partial charge < -0.3 is 15.8 Å². The number of amides is 1. The van der Waals surface area contributed by atoms with Gasteiger partial charge in [0.15, 0.2) is 0 Å². The van der Waals surface area contributed by atoms with E-state index in [-0.39, 0.29) is 5.91 Å². The quantitative estimate of drug-likeness (QED) is 0.786.